The van der Waals surface area contributed by atoms with Crippen molar-refractivity contribution in [3.63, 3.8) is 0 Å². The number of hydrogen-bond acceptors (Lipinski definition) is 4. The van der Waals surface area contributed by atoms with Crippen LogP contribution in [0.3, 0.4) is 0 Å². The Hall–Kier alpha value is -2.69. The van der Waals surface area contributed by atoms with E-state index < -0.39 is 0 Å². The van der Waals surface area contributed by atoms with E-state index in [0.717, 1.165) is 6.21 Å². The molecule has 0 aliphatic heterocycles. The topological polar surface area (TPSA) is 86.1 Å². The van der Waals surface area contributed by atoms with Crippen molar-refractivity contribution in [2.45, 2.75) is 0 Å². The van der Waals surface area contributed by atoms with E-state index >= 15 is 0 Å². The zero-order chi connectivity index (χ0) is 14.1. The Bertz CT molecular complexity index is 541. The molecule has 0 spiro atoms. The average Bonchev–Trinajstić information content (AvgIpc) is 2.48. The number of para-hydroxylation sites is 1. The maximum atomic E-state index is 10.9. The van der Waals surface area contributed by atoms with E-state index in [-0.39, 0.29) is 11.7 Å². The Morgan fingerprint density at radius 1 is 1.26 bits per heavy atom. The third-order valence-corrected chi connectivity index (χ3v) is 2.26. The molecule has 0 saturated carbocycles. The monoisotopic (exact) mass is 257 g/mol. The van der Waals surface area contributed by atoms with Crippen molar-refractivity contribution < 1.29 is 9.90 Å². The summed E-state index contributed by atoms with van der Waals surface area (Å²) in [5.74, 6) is 0.0786. The second kappa shape index (κ2) is 7.60. The molecule has 98 valence electrons. The first-order valence-electron chi connectivity index (χ1n) is 5.59. The van der Waals surface area contributed by atoms with Crippen LogP contribution in [-0.2, 0) is 0 Å². The second-order valence-electron chi connectivity index (χ2n) is 3.52. The predicted octanol–water partition coefficient (Wildman–Crippen LogP) is 1.83. The molecule has 0 bridgehead atoms. The summed E-state index contributed by atoms with van der Waals surface area (Å²) in [6.07, 6.45) is 4.30. The largest absolute Gasteiger partial charge is 0.507 e. The Kier molecular flexibility index (Phi) is 5.75. The number of rotatable bonds is 2. The van der Waals surface area contributed by atoms with E-state index in [9.17, 15) is 4.79 Å². The number of amides is 1. The van der Waals surface area contributed by atoms with Gasteiger partial charge in [-0.15, -0.1) is 0 Å². The van der Waals surface area contributed by atoms with Crippen LogP contribution in [0.25, 0.3) is 0 Å². The van der Waals surface area contributed by atoms with Gasteiger partial charge >= 0.3 is 0 Å². The number of aromatic nitrogens is 1. The quantitative estimate of drug-likeness (QED) is 0.717. The van der Waals surface area contributed by atoms with Crippen LogP contribution in [0.1, 0.15) is 15.9 Å². The standard InChI is InChI=1S/C7H8N2O.C7H7NO/c1-8-7(10)6-2-4-9-5-3-6;8-5-6-3-1-2-4-7(6)9/h2-5H,1H3,(H,8,10);1-5,8-9H. The molecular formula is C14H15N3O2. The first-order valence-corrected chi connectivity index (χ1v) is 5.59. The zero-order valence-electron chi connectivity index (χ0n) is 10.5. The molecule has 0 unspecified atom stereocenters. The van der Waals surface area contributed by atoms with E-state index in [1.165, 1.54) is 0 Å². The minimum atomic E-state index is -0.0811. The lowest BCUT2D eigenvalue weighted by atomic mass is 10.2. The Balaban J connectivity index is 0.000000191. The highest BCUT2D eigenvalue weighted by Crippen LogP contribution is 2.11. The van der Waals surface area contributed by atoms with Crippen molar-refractivity contribution in [3.05, 3.63) is 59.9 Å². The van der Waals surface area contributed by atoms with Crippen molar-refractivity contribution in [2.75, 3.05) is 7.05 Å². The molecule has 5 nitrogen and oxygen atoms in total. The molecule has 0 radical (unpaired) electrons. The second-order valence-corrected chi connectivity index (χ2v) is 3.52. The van der Waals surface area contributed by atoms with Crippen LogP contribution < -0.4 is 5.32 Å². The van der Waals surface area contributed by atoms with Gasteiger partial charge < -0.3 is 15.8 Å². The van der Waals surface area contributed by atoms with Crippen LogP contribution in [0.4, 0.5) is 0 Å². The maximum absolute atomic E-state index is 10.9. The van der Waals surface area contributed by atoms with Crippen molar-refractivity contribution in [3.8, 4) is 5.75 Å². The van der Waals surface area contributed by atoms with Gasteiger partial charge in [0.15, 0.2) is 0 Å². The molecule has 0 aliphatic rings. The molecule has 1 heterocycles. The van der Waals surface area contributed by atoms with Crippen molar-refractivity contribution >= 4 is 12.1 Å². The summed E-state index contributed by atoms with van der Waals surface area (Å²) in [6.45, 7) is 0. The van der Waals surface area contributed by atoms with Crippen LogP contribution in [0.5, 0.6) is 5.75 Å². The lowest BCUT2D eigenvalue weighted by Crippen LogP contribution is -2.17. The lowest BCUT2D eigenvalue weighted by Gasteiger charge is -1.95. The van der Waals surface area contributed by atoms with E-state index in [1.807, 2.05) is 0 Å². The number of benzene rings is 1. The zero-order valence-corrected chi connectivity index (χ0v) is 10.5. The number of phenols is 1. The first-order chi connectivity index (χ1) is 9.19. The summed E-state index contributed by atoms with van der Waals surface area (Å²) < 4.78 is 0. The smallest absolute Gasteiger partial charge is 0.251 e. The number of nitrogens with one attached hydrogen (secondary N) is 2. The van der Waals surface area contributed by atoms with Gasteiger partial charge in [0.1, 0.15) is 5.75 Å². The van der Waals surface area contributed by atoms with Gasteiger partial charge in [0.2, 0.25) is 0 Å². The predicted molar refractivity (Wildman–Crippen MR) is 73.6 cm³/mol. The van der Waals surface area contributed by atoms with E-state index in [0.29, 0.717) is 11.1 Å². The average molecular weight is 257 g/mol. The number of hydrogen-bond donors (Lipinski definition) is 3. The van der Waals surface area contributed by atoms with Crippen molar-refractivity contribution in [2.24, 2.45) is 0 Å². The molecule has 0 aliphatic carbocycles. The highest BCUT2D eigenvalue weighted by Gasteiger charge is 1.98. The van der Waals surface area contributed by atoms with Crippen LogP contribution in [0, 0.1) is 5.41 Å². The third-order valence-electron chi connectivity index (χ3n) is 2.26. The summed E-state index contributed by atoms with van der Waals surface area (Å²) in [7, 11) is 1.60. The first kappa shape index (κ1) is 14.4. The van der Waals surface area contributed by atoms with Gasteiger partial charge in [-0.05, 0) is 24.3 Å². The fourth-order valence-electron chi connectivity index (χ4n) is 1.26. The summed E-state index contributed by atoms with van der Waals surface area (Å²) in [4.78, 5) is 14.7. The number of aromatic hydroxyl groups is 1. The third kappa shape index (κ3) is 4.59. The van der Waals surface area contributed by atoms with Crippen LogP contribution >= 0.6 is 0 Å². The molecule has 2 rings (SSSR count). The Morgan fingerprint density at radius 2 is 1.89 bits per heavy atom. The summed E-state index contributed by atoms with van der Waals surface area (Å²) in [6, 6.07) is 10.1. The van der Waals surface area contributed by atoms with Crippen LogP contribution in [-0.4, -0.2) is 29.3 Å². The number of pyridine rings is 1. The fourth-order valence-corrected chi connectivity index (χ4v) is 1.26. The molecule has 0 fully saturated rings. The highest BCUT2D eigenvalue weighted by atomic mass is 16.3. The van der Waals surface area contributed by atoms with Crippen LogP contribution in [0.15, 0.2) is 48.8 Å². The van der Waals surface area contributed by atoms with E-state index in [4.69, 9.17) is 10.5 Å². The van der Waals surface area contributed by atoms with Gasteiger partial charge in [-0.1, -0.05) is 12.1 Å². The van der Waals surface area contributed by atoms with Gasteiger partial charge in [-0.2, -0.15) is 0 Å². The van der Waals surface area contributed by atoms with Gasteiger partial charge in [0, 0.05) is 36.8 Å². The van der Waals surface area contributed by atoms with Crippen LogP contribution in [0.2, 0.25) is 0 Å². The van der Waals surface area contributed by atoms with Gasteiger partial charge in [0.05, 0.1) is 0 Å². The van der Waals surface area contributed by atoms with Gasteiger partial charge in [-0.3, -0.25) is 9.78 Å². The van der Waals surface area contributed by atoms with Crippen molar-refractivity contribution in [1.29, 1.82) is 5.41 Å². The molecule has 1 amide bonds. The number of phenolic OH excluding ortho intramolecular Hbond substituents is 1. The van der Waals surface area contributed by atoms with Crippen molar-refractivity contribution in [1.82, 2.24) is 10.3 Å². The van der Waals surface area contributed by atoms with E-state index in [1.54, 1.807) is 55.8 Å². The van der Waals surface area contributed by atoms with Gasteiger partial charge in [-0.25, -0.2) is 0 Å². The highest BCUT2D eigenvalue weighted by molar-refractivity contribution is 5.93. The molecular weight excluding hydrogens is 242 g/mol. The minimum absolute atomic E-state index is 0.0811. The molecule has 1 aromatic carbocycles. The van der Waals surface area contributed by atoms with E-state index in [2.05, 4.69) is 10.3 Å². The number of nitrogens with zero attached hydrogens (tertiary/aromatic N) is 1. The number of carbonyl (C=O) groups excluding carboxylic acids is 1. The molecule has 2 aromatic rings. The molecule has 3 N–H and O–H groups in total. The number of carbonyl (C=O) groups is 1. The summed E-state index contributed by atoms with van der Waals surface area (Å²) in [5.41, 5.74) is 1.19. The fraction of sp³-hybridized carbons (Fsp3) is 0.0714. The minimum Gasteiger partial charge on any atom is -0.507 e. The lowest BCUT2D eigenvalue weighted by molar-refractivity contribution is 0.0963. The SMILES string of the molecule is CNC(=O)c1ccncc1.N=Cc1ccccc1O. The Labute approximate surface area is 111 Å². The molecule has 1 aromatic heterocycles. The molecule has 5 heteroatoms. The molecule has 0 atom stereocenters. The summed E-state index contributed by atoms with van der Waals surface area (Å²) >= 11 is 0. The summed E-state index contributed by atoms with van der Waals surface area (Å²) in [5, 5.41) is 18.3. The normalized spacial score (nSPS) is 8.89. The molecule has 0 saturated heterocycles. The Morgan fingerprint density at radius 3 is 2.37 bits per heavy atom. The molecule has 19 heavy (non-hydrogen) atoms. The van der Waals surface area contributed by atoms with Gasteiger partial charge in [0.25, 0.3) is 5.91 Å². The maximum Gasteiger partial charge on any atom is 0.251 e.